The molecule has 8 nitrogen and oxygen atoms in total. The van der Waals surface area contributed by atoms with Crippen molar-refractivity contribution in [2.75, 3.05) is 41.0 Å². The monoisotopic (exact) mass is 581 g/mol. The van der Waals surface area contributed by atoms with Crippen molar-refractivity contribution in [3.05, 3.63) is 24.3 Å². The predicted molar refractivity (Wildman–Crippen MR) is 162 cm³/mol. The van der Waals surface area contributed by atoms with Crippen LogP contribution in [0.5, 0.6) is 0 Å². The van der Waals surface area contributed by atoms with Gasteiger partial charge in [0.1, 0.15) is 12.6 Å². The number of unbranched alkanes of at least 4 members (excludes halogenated alkanes) is 9. The minimum Gasteiger partial charge on any atom is -0.544 e. The first-order chi connectivity index (χ1) is 19.6. The van der Waals surface area contributed by atoms with Gasteiger partial charge >= 0.3 is 11.9 Å². The fraction of sp³-hybridized carbons (Fsp3) is 0.788. The van der Waals surface area contributed by atoms with Crippen molar-refractivity contribution in [2.24, 2.45) is 0 Å². The molecule has 0 heterocycles. The lowest BCUT2D eigenvalue weighted by Gasteiger charge is -2.34. The highest BCUT2D eigenvalue weighted by atomic mass is 16.6. The van der Waals surface area contributed by atoms with Crippen LogP contribution in [0.1, 0.15) is 117 Å². The van der Waals surface area contributed by atoms with E-state index in [1.54, 1.807) is 21.1 Å². The van der Waals surface area contributed by atoms with Crippen molar-refractivity contribution in [2.45, 2.75) is 129 Å². The van der Waals surface area contributed by atoms with Gasteiger partial charge in [0.15, 0.2) is 6.10 Å². The zero-order chi connectivity index (χ0) is 30.8. The van der Waals surface area contributed by atoms with Crippen molar-refractivity contribution in [1.29, 1.82) is 0 Å². The summed E-state index contributed by atoms with van der Waals surface area (Å²) in [5, 5.41) is 11.5. The molecule has 0 aliphatic heterocycles. The molecule has 0 spiro atoms. The number of carbonyl (C=O) groups excluding carboxylic acids is 3. The van der Waals surface area contributed by atoms with E-state index in [9.17, 15) is 19.5 Å². The second kappa shape index (κ2) is 25.5. The van der Waals surface area contributed by atoms with Crippen molar-refractivity contribution in [3.63, 3.8) is 0 Å². The molecule has 2 atom stereocenters. The molecule has 238 valence electrons. The Bertz CT molecular complexity index is 742. The second-order valence-electron chi connectivity index (χ2n) is 11.7. The summed E-state index contributed by atoms with van der Waals surface area (Å²) in [5.41, 5.74) is 0. The van der Waals surface area contributed by atoms with E-state index in [1.165, 1.54) is 32.1 Å². The molecule has 0 fully saturated rings. The molecular formula is C33H59NO7. The third-order valence-electron chi connectivity index (χ3n) is 6.85. The van der Waals surface area contributed by atoms with E-state index >= 15 is 0 Å². The fourth-order valence-corrected chi connectivity index (χ4v) is 4.34. The molecule has 0 saturated carbocycles. The van der Waals surface area contributed by atoms with Crippen LogP contribution in [0, 0.1) is 0 Å². The molecule has 0 saturated heterocycles. The summed E-state index contributed by atoms with van der Waals surface area (Å²) in [5.74, 6) is -1.79. The van der Waals surface area contributed by atoms with Crippen LogP contribution in [0.3, 0.4) is 0 Å². The van der Waals surface area contributed by atoms with Gasteiger partial charge in [-0.15, -0.1) is 0 Å². The van der Waals surface area contributed by atoms with Crippen LogP contribution >= 0.6 is 0 Å². The summed E-state index contributed by atoms with van der Waals surface area (Å²) in [6.45, 7) is 4.43. The van der Waals surface area contributed by atoms with Crippen LogP contribution < -0.4 is 5.11 Å². The number of esters is 2. The Labute approximate surface area is 250 Å². The van der Waals surface area contributed by atoms with Crippen LogP contribution in [-0.2, 0) is 28.6 Å². The highest BCUT2D eigenvalue weighted by Gasteiger charge is 2.25. The van der Waals surface area contributed by atoms with Gasteiger partial charge in [-0.2, -0.15) is 0 Å². The number of quaternary nitrogens is 1. The lowest BCUT2D eigenvalue weighted by molar-refractivity contribution is -0.889. The number of likely N-dealkylation sites (N-methyl/N-ethyl adjacent to an activating group) is 1. The fourth-order valence-electron chi connectivity index (χ4n) is 4.34. The summed E-state index contributed by atoms with van der Waals surface area (Å²) in [6, 6.07) is -0.725. The Hall–Kier alpha value is -2.19. The maximum absolute atomic E-state index is 12.5. The van der Waals surface area contributed by atoms with Gasteiger partial charge in [0.2, 0.25) is 0 Å². The Morgan fingerprint density at radius 3 is 2.00 bits per heavy atom. The molecule has 0 radical (unpaired) electrons. The van der Waals surface area contributed by atoms with Gasteiger partial charge in [-0.3, -0.25) is 9.59 Å². The summed E-state index contributed by atoms with van der Waals surface area (Å²) in [6.07, 6.45) is 22.3. The van der Waals surface area contributed by atoms with Crippen LogP contribution in [0.15, 0.2) is 24.3 Å². The van der Waals surface area contributed by atoms with Crippen molar-refractivity contribution in [3.8, 4) is 0 Å². The molecule has 0 aliphatic carbocycles. The lowest BCUT2D eigenvalue weighted by atomic mass is 10.1. The molecule has 41 heavy (non-hydrogen) atoms. The smallest absolute Gasteiger partial charge is 0.306 e. The average Bonchev–Trinajstić information content (AvgIpc) is 2.91. The van der Waals surface area contributed by atoms with E-state index in [4.69, 9.17) is 14.2 Å². The topological polar surface area (TPSA) is 102 Å². The van der Waals surface area contributed by atoms with Gasteiger partial charge in [0.05, 0.1) is 40.3 Å². The Morgan fingerprint density at radius 1 is 0.756 bits per heavy atom. The molecule has 8 heteroatoms. The molecule has 0 aliphatic rings. The van der Waals surface area contributed by atoms with Gasteiger partial charge in [-0.1, -0.05) is 83.1 Å². The number of ether oxygens (including phenoxy) is 3. The van der Waals surface area contributed by atoms with E-state index in [0.717, 1.165) is 44.9 Å². The van der Waals surface area contributed by atoms with E-state index in [-0.39, 0.29) is 49.1 Å². The number of aliphatic carboxylic acids is 1. The number of rotatable bonds is 27. The molecule has 0 aromatic rings. The van der Waals surface area contributed by atoms with E-state index in [0.29, 0.717) is 12.8 Å². The standard InChI is InChI=1S/C33H59NO7/c1-6-8-10-12-14-16-18-20-22-24-32(36)41-29(27-39-26-25-30(33(37)38)34(3,4)5)28-40-31(35)23-21-19-17-15-13-11-9-7-2/h8,10,14,16,29-30H,6-7,9,11-13,15,17-28H2,1-5H3/b10-8+,16-14+. The number of allylic oxidation sites excluding steroid dienone is 4. The zero-order valence-electron chi connectivity index (χ0n) is 26.7. The summed E-state index contributed by atoms with van der Waals surface area (Å²) in [4.78, 5) is 36.2. The molecular weight excluding hydrogens is 522 g/mol. The third kappa shape index (κ3) is 24.1. The first-order valence-electron chi connectivity index (χ1n) is 15.9. The molecule has 0 amide bonds. The quantitative estimate of drug-likeness (QED) is 0.0533. The van der Waals surface area contributed by atoms with Crippen LogP contribution in [-0.4, -0.2) is 75.5 Å². The van der Waals surface area contributed by atoms with Gasteiger partial charge in [0, 0.05) is 19.3 Å². The SMILES string of the molecule is CC/C=C/C/C=C/CCCCC(=O)OC(COCCC(C(=O)[O-])[N+](C)(C)C)COC(=O)CCCCCCCCCC. The van der Waals surface area contributed by atoms with E-state index in [2.05, 4.69) is 38.2 Å². The largest absolute Gasteiger partial charge is 0.544 e. The average molecular weight is 582 g/mol. The van der Waals surface area contributed by atoms with Crippen molar-refractivity contribution < 1.29 is 38.2 Å². The highest BCUT2D eigenvalue weighted by molar-refractivity contribution is 5.70. The van der Waals surface area contributed by atoms with Crippen LogP contribution in [0.4, 0.5) is 0 Å². The molecule has 2 unspecified atom stereocenters. The molecule has 0 N–H and O–H groups in total. The zero-order valence-corrected chi connectivity index (χ0v) is 26.7. The minimum absolute atomic E-state index is 0.0295. The van der Waals surface area contributed by atoms with Crippen LogP contribution in [0.2, 0.25) is 0 Å². The maximum Gasteiger partial charge on any atom is 0.306 e. The number of carboxylic acids is 1. The minimum atomic E-state index is -1.13. The van der Waals surface area contributed by atoms with Gasteiger partial charge in [0.25, 0.3) is 0 Å². The number of hydrogen-bond donors (Lipinski definition) is 0. The van der Waals surface area contributed by atoms with Gasteiger partial charge < -0.3 is 28.6 Å². The molecule has 0 rings (SSSR count). The van der Waals surface area contributed by atoms with E-state index in [1.807, 2.05) is 0 Å². The van der Waals surface area contributed by atoms with Gasteiger partial charge in [-0.25, -0.2) is 0 Å². The maximum atomic E-state index is 12.5. The van der Waals surface area contributed by atoms with Crippen molar-refractivity contribution in [1.82, 2.24) is 0 Å². The Balaban J connectivity index is 4.57. The molecule has 0 aromatic heterocycles. The number of carbonyl (C=O) groups is 3. The normalized spacial score (nSPS) is 13.5. The Kier molecular flexibility index (Phi) is 24.2. The third-order valence-corrected chi connectivity index (χ3v) is 6.85. The first kappa shape index (κ1) is 38.8. The molecule has 0 bridgehead atoms. The number of carboxylic acid groups (broad SMARTS) is 1. The Morgan fingerprint density at radius 2 is 1.37 bits per heavy atom. The van der Waals surface area contributed by atoms with E-state index < -0.39 is 18.1 Å². The summed E-state index contributed by atoms with van der Waals surface area (Å²) in [7, 11) is 5.36. The van der Waals surface area contributed by atoms with Crippen LogP contribution in [0.25, 0.3) is 0 Å². The second-order valence-corrected chi connectivity index (χ2v) is 11.7. The first-order valence-corrected chi connectivity index (χ1v) is 15.9. The highest BCUT2D eigenvalue weighted by Crippen LogP contribution is 2.12. The number of hydrogen-bond acceptors (Lipinski definition) is 7. The van der Waals surface area contributed by atoms with Gasteiger partial charge in [-0.05, 0) is 38.5 Å². The lowest BCUT2D eigenvalue weighted by Crippen LogP contribution is -2.55. The number of nitrogens with zero attached hydrogens (tertiary/aromatic N) is 1. The summed E-state index contributed by atoms with van der Waals surface area (Å²) >= 11 is 0. The summed E-state index contributed by atoms with van der Waals surface area (Å²) < 4.78 is 16.9. The predicted octanol–water partition coefficient (Wildman–Crippen LogP) is 5.68. The molecule has 0 aromatic carbocycles. The van der Waals surface area contributed by atoms with Crippen molar-refractivity contribution >= 4 is 17.9 Å².